The third kappa shape index (κ3) is 4.23. The average Bonchev–Trinajstić information content (AvgIpc) is 2.49. The zero-order chi connectivity index (χ0) is 14.2. The molecular weight excluding hydrogens is 246 g/mol. The van der Waals surface area contributed by atoms with Crippen molar-refractivity contribution in [3.05, 3.63) is 71.8 Å². The molecule has 0 saturated carbocycles. The van der Waals surface area contributed by atoms with Crippen molar-refractivity contribution >= 4 is 5.91 Å². The van der Waals surface area contributed by atoms with Crippen molar-refractivity contribution in [2.75, 3.05) is 6.54 Å². The zero-order valence-electron chi connectivity index (χ0n) is 11.9. The predicted molar refractivity (Wildman–Crippen MR) is 82.6 cm³/mol. The highest BCUT2D eigenvalue weighted by Crippen LogP contribution is 2.28. The van der Waals surface area contributed by atoms with E-state index in [1.54, 1.807) is 6.92 Å². The van der Waals surface area contributed by atoms with Gasteiger partial charge < -0.3 is 5.32 Å². The Balaban J connectivity index is 2.07. The third-order valence-electron chi connectivity index (χ3n) is 3.45. The van der Waals surface area contributed by atoms with E-state index in [9.17, 15) is 4.79 Å². The Kier molecular flexibility index (Phi) is 5.36. The first-order valence-corrected chi connectivity index (χ1v) is 7.11. The molecule has 0 aromatic heterocycles. The Morgan fingerprint density at radius 2 is 1.45 bits per heavy atom. The van der Waals surface area contributed by atoms with Crippen molar-refractivity contribution in [2.45, 2.75) is 25.7 Å². The van der Waals surface area contributed by atoms with Crippen LogP contribution >= 0.6 is 0 Å². The number of rotatable bonds is 6. The molecule has 2 heteroatoms. The lowest BCUT2D eigenvalue weighted by atomic mass is 9.87. The summed E-state index contributed by atoms with van der Waals surface area (Å²) in [5, 5.41) is 2.86. The fraction of sp³-hybridized carbons (Fsp3) is 0.278. The summed E-state index contributed by atoms with van der Waals surface area (Å²) in [5.41, 5.74) is 2.67. The number of hydrogen-bond acceptors (Lipinski definition) is 1. The van der Waals surface area contributed by atoms with Crippen molar-refractivity contribution in [2.24, 2.45) is 0 Å². The molecule has 0 unspecified atom stereocenters. The molecule has 104 valence electrons. The van der Waals surface area contributed by atoms with E-state index in [2.05, 4.69) is 53.8 Å². The van der Waals surface area contributed by atoms with Crippen LogP contribution in [0, 0.1) is 0 Å². The Labute approximate surface area is 120 Å². The van der Waals surface area contributed by atoms with Gasteiger partial charge >= 0.3 is 0 Å². The Morgan fingerprint density at radius 1 is 0.950 bits per heavy atom. The van der Waals surface area contributed by atoms with E-state index in [-0.39, 0.29) is 5.91 Å². The standard InChI is InChI=1S/C18H21NO/c1-15(20)19-14-8-13-18(16-9-4-2-5-10-16)17-11-6-3-7-12-17/h2-7,9-12,18H,8,13-14H2,1H3,(H,19,20). The fourth-order valence-corrected chi connectivity index (χ4v) is 2.47. The summed E-state index contributed by atoms with van der Waals surface area (Å²) in [5.74, 6) is 0.437. The number of benzene rings is 2. The molecule has 0 fully saturated rings. The molecule has 2 aromatic carbocycles. The van der Waals surface area contributed by atoms with Crippen LogP contribution in [0.3, 0.4) is 0 Å². The first kappa shape index (κ1) is 14.3. The van der Waals surface area contributed by atoms with Crippen molar-refractivity contribution in [1.29, 1.82) is 0 Å². The van der Waals surface area contributed by atoms with E-state index in [4.69, 9.17) is 0 Å². The van der Waals surface area contributed by atoms with Crippen LogP contribution < -0.4 is 5.32 Å². The van der Waals surface area contributed by atoms with Crippen LogP contribution in [0.25, 0.3) is 0 Å². The number of carbonyl (C=O) groups excluding carboxylic acids is 1. The van der Waals surface area contributed by atoms with Crippen LogP contribution in [0.1, 0.15) is 36.8 Å². The SMILES string of the molecule is CC(=O)NCCCC(c1ccccc1)c1ccccc1. The molecule has 2 nitrogen and oxygen atoms in total. The van der Waals surface area contributed by atoms with Gasteiger partial charge in [-0.3, -0.25) is 4.79 Å². The highest BCUT2D eigenvalue weighted by molar-refractivity contribution is 5.72. The molecule has 1 amide bonds. The smallest absolute Gasteiger partial charge is 0.216 e. The molecule has 2 aromatic rings. The molecule has 0 spiro atoms. The summed E-state index contributed by atoms with van der Waals surface area (Å²) in [7, 11) is 0. The van der Waals surface area contributed by atoms with E-state index in [0.717, 1.165) is 19.4 Å². The van der Waals surface area contributed by atoms with E-state index >= 15 is 0 Å². The van der Waals surface area contributed by atoms with Crippen molar-refractivity contribution in [3.63, 3.8) is 0 Å². The normalized spacial score (nSPS) is 10.5. The monoisotopic (exact) mass is 267 g/mol. The van der Waals surface area contributed by atoms with Crippen LogP contribution in [0.15, 0.2) is 60.7 Å². The van der Waals surface area contributed by atoms with Gasteiger partial charge in [-0.15, -0.1) is 0 Å². The van der Waals surface area contributed by atoms with Crippen LogP contribution in [-0.2, 0) is 4.79 Å². The van der Waals surface area contributed by atoms with Gasteiger partial charge in [0.05, 0.1) is 0 Å². The Morgan fingerprint density at radius 3 is 1.90 bits per heavy atom. The van der Waals surface area contributed by atoms with Gasteiger partial charge in [-0.1, -0.05) is 60.7 Å². The highest BCUT2D eigenvalue weighted by atomic mass is 16.1. The zero-order valence-corrected chi connectivity index (χ0v) is 11.9. The molecular formula is C18H21NO. The minimum atomic E-state index is 0.0426. The summed E-state index contributed by atoms with van der Waals surface area (Å²) in [6.07, 6.45) is 2.02. The quantitative estimate of drug-likeness (QED) is 0.794. The van der Waals surface area contributed by atoms with Gasteiger partial charge in [0.1, 0.15) is 0 Å². The summed E-state index contributed by atoms with van der Waals surface area (Å²) in [6, 6.07) is 21.1. The first-order valence-electron chi connectivity index (χ1n) is 7.11. The van der Waals surface area contributed by atoms with Gasteiger partial charge in [0.2, 0.25) is 5.91 Å². The number of nitrogens with one attached hydrogen (secondary N) is 1. The van der Waals surface area contributed by atoms with Crippen LogP contribution in [0.5, 0.6) is 0 Å². The predicted octanol–water partition coefficient (Wildman–Crippen LogP) is 3.73. The average molecular weight is 267 g/mol. The van der Waals surface area contributed by atoms with Crippen molar-refractivity contribution < 1.29 is 4.79 Å². The van der Waals surface area contributed by atoms with Crippen LogP contribution in [0.2, 0.25) is 0 Å². The largest absolute Gasteiger partial charge is 0.356 e. The number of hydrogen-bond donors (Lipinski definition) is 1. The number of amides is 1. The lowest BCUT2D eigenvalue weighted by Gasteiger charge is -2.18. The maximum Gasteiger partial charge on any atom is 0.216 e. The maximum atomic E-state index is 10.9. The molecule has 0 saturated heterocycles. The maximum absolute atomic E-state index is 10.9. The molecule has 0 bridgehead atoms. The van der Waals surface area contributed by atoms with Crippen molar-refractivity contribution in [3.8, 4) is 0 Å². The van der Waals surface area contributed by atoms with Gasteiger partial charge in [0, 0.05) is 19.4 Å². The molecule has 0 heterocycles. The number of carbonyl (C=O) groups is 1. The van der Waals surface area contributed by atoms with E-state index < -0.39 is 0 Å². The third-order valence-corrected chi connectivity index (χ3v) is 3.45. The summed E-state index contributed by atoms with van der Waals surface area (Å²) < 4.78 is 0. The Bertz CT molecular complexity index is 482. The molecule has 0 aliphatic heterocycles. The van der Waals surface area contributed by atoms with Crippen LogP contribution in [-0.4, -0.2) is 12.5 Å². The van der Waals surface area contributed by atoms with Gasteiger partial charge in [-0.25, -0.2) is 0 Å². The highest BCUT2D eigenvalue weighted by Gasteiger charge is 2.13. The molecule has 0 aliphatic rings. The molecule has 2 rings (SSSR count). The second-order valence-corrected chi connectivity index (χ2v) is 5.00. The van der Waals surface area contributed by atoms with Gasteiger partial charge in [0.15, 0.2) is 0 Å². The Hall–Kier alpha value is -2.09. The van der Waals surface area contributed by atoms with E-state index in [1.165, 1.54) is 11.1 Å². The molecule has 0 radical (unpaired) electrons. The summed E-state index contributed by atoms with van der Waals surface area (Å²) >= 11 is 0. The summed E-state index contributed by atoms with van der Waals surface area (Å²) in [6.45, 7) is 2.30. The molecule has 0 atom stereocenters. The molecule has 0 aliphatic carbocycles. The van der Waals surface area contributed by atoms with Crippen molar-refractivity contribution in [1.82, 2.24) is 5.32 Å². The second-order valence-electron chi connectivity index (χ2n) is 5.00. The van der Waals surface area contributed by atoms with Crippen LogP contribution in [0.4, 0.5) is 0 Å². The van der Waals surface area contributed by atoms with E-state index in [1.807, 2.05) is 12.1 Å². The fourth-order valence-electron chi connectivity index (χ4n) is 2.47. The molecule has 20 heavy (non-hydrogen) atoms. The van der Waals surface area contributed by atoms with Gasteiger partial charge in [-0.2, -0.15) is 0 Å². The lowest BCUT2D eigenvalue weighted by molar-refractivity contribution is -0.118. The molecule has 1 N–H and O–H groups in total. The van der Waals surface area contributed by atoms with Gasteiger partial charge in [0.25, 0.3) is 0 Å². The van der Waals surface area contributed by atoms with Gasteiger partial charge in [-0.05, 0) is 24.0 Å². The van der Waals surface area contributed by atoms with E-state index in [0.29, 0.717) is 5.92 Å². The second kappa shape index (κ2) is 7.49. The first-order chi connectivity index (χ1) is 9.77. The topological polar surface area (TPSA) is 29.1 Å². The minimum Gasteiger partial charge on any atom is -0.356 e. The minimum absolute atomic E-state index is 0.0426. The summed E-state index contributed by atoms with van der Waals surface area (Å²) in [4.78, 5) is 10.9. The lowest BCUT2D eigenvalue weighted by Crippen LogP contribution is -2.21.